The van der Waals surface area contributed by atoms with E-state index in [1.165, 1.54) is 6.07 Å². The maximum atomic E-state index is 13.4. The Hall–Kier alpha value is -1.29. The van der Waals surface area contributed by atoms with Crippen molar-refractivity contribution in [3.8, 4) is 5.75 Å². The third-order valence-electron chi connectivity index (χ3n) is 2.92. The Labute approximate surface area is 95.2 Å². The zero-order valence-electron chi connectivity index (χ0n) is 9.66. The maximum absolute atomic E-state index is 13.4. The Bertz CT molecular complexity index is 370. The quantitative estimate of drug-likeness (QED) is 0.826. The van der Waals surface area contributed by atoms with E-state index in [9.17, 15) is 4.39 Å². The summed E-state index contributed by atoms with van der Waals surface area (Å²) in [6.45, 7) is 4.89. The molecule has 0 saturated carbocycles. The van der Waals surface area contributed by atoms with E-state index in [0.29, 0.717) is 11.8 Å². The second-order valence-corrected chi connectivity index (χ2v) is 4.10. The fourth-order valence-corrected chi connectivity index (χ4v) is 2.06. The lowest BCUT2D eigenvalue weighted by Crippen LogP contribution is -2.49. The second-order valence-electron chi connectivity index (χ2n) is 4.10. The predicted molar refractivity (Wildman–Crippen MR) is 62.6 cm³/mol. The van der Waals surface area contributed by atoms with Crippen LogP contribution in [0.25, 0.3) is 0 Å². The van der Waals surface area contributed by atoms with Crippen molar-refractivity contribution >= 4 is 5.69 Å². The zero-order chi connectivity index (χ0) is 11.5. The fraction of sp³-hybridized carbons (Fsp3) is 0.500. The average Bonchev–Trinajstić information content (AvgIpc) is 2.28. The summed E-state index contributed by atoms with van der Waals surface area (Å²) in [5.41, 5.74) is 0.894. The van der Waals surface area contributed by atoms with Gasteiger partial charge in [0.25, 0.3) is 0 Å². The Morgan fingerprint density at radius 1 is 1.44 bits per heavy atom. The first-order valence-corrected chi connectivity index (χ1v) is 5.52. The van der Waals surface area contributed by atoms with Gasteiger partial charge in [-0.1, -0.05) is 0 Å². The second kappa shape index (κ2) is 4.70. The smallest absolute Gasteiger partial charge is 0.128 e. The molecule has 3 nitrogen and oxygen atoms in total. The summed E-state index contributed by atoms with van der Waals surface area (Å²) in [5.74, 6) is 0.320. The topological polar surface area (TPSA) is 24.5 Å². The molecule has 16 heavy (non-hydrogen) atoms. The molecule has 1 N–H and O–H groups in total. The molecule has 0 bridgehead atoms. The summed E-state index contributed by atoms with van der Waals surface area (Å²) in [6, 6.07) is 5.21. The monoisotopic (exact) mass is 224 g/mol. The maximum Gasteiger partial charge on any atom is 0.128 e. The van der Waals surface area contributed by atoms with E-state index in [1.807, 2.05) is 6.07 Å². The third kappa shape index (κ3) is 2.27. The molecule has 1 aromatic carbocycles. The first-order chi connectivity index (χ1) is 7.70. The van der Waals surface area contributed by atoms with Gasteiger partial charge in [0.2, 0.25) is 0 Å². The van der Waals surface area contributed by atoms with Crippen LogP contribution in [-0.4, -0.2) is 32.8 Å². The van der Waals surface area contributed by atoms with Gasteiger partial charge >= 0.3 is 0 Å². The lowest BCUT2D eigenvalue weighted by Gasteiger charge is -2.36. The van der Waals surface area contributed by atoms with Crippen LogP contribution in [0.1, 0.15) is 6.92 Å². The lowest BCUT2D eigenvalue weighted by atomic mass is 10.1. The number of hydrogen-bond acceptors (Lipinski definition) is 3. The summed E-state index contributed by atoms with van der Waals surface area (Å²) >= 11 is 0. The molecule has 0 aromatic heterocycles. The highest BCUT2D eigenvalue weighted by Crippen LogP contribution is 2.25. The lowest BCUT2D eigenvalue weighted by molar-refractivity contribution is 0.410. The number of methoxy groups -OCH3 is 1. The van der Waals surface area contributed by atoms with E-state index >= 15 is 0 Å². The van der Waals surface area contributed by atoms with Crippen LogP contribution >= 0.6 is 0 Å². The summed E-state index contributed by atoms with van der Waals surface area (Å²) in [6.07, 6.45) is 0. The Balaban J connectivity index is 2.27. The Morgan fingerprint density at radius 2 is 2.25 bits per heavy atom. The molecule has 1 atom stereocenters. The van der Waals surface area contributed by atoms with E-state index < -0.39 is 0 Å². The number of nitrogens with zero attached hydrogens (tertiary/aromatic N) is 1. The van der Waals surface area contributed by atoms with Crippen molar-refractivity contribution < 1.29 is 9.13 Å². The van der Waals surface area contributed by atoms with Crippen molar-refractivity contribution in [3.05, 3.63) is 24.0 Å². The van der Waals surface area contributed by atoms with E-state index in [4.69, 9.17) is 4.74 Å². The number of anilines is 1. The van der Waals surface area contributed by atoms with Crippen molar-refractivity contribution in [2.24, 2.45) is 0 Å². The molecule has 0 aliphatic carbocycles. The van der Waals surface area contributed by atoms with E-state index in [0.717, 1.165) is 25.3 Å². The molecule has 1 saturated heterocycles. The first-order valence-electron chi connectivity index (χ1n) is 5.52. The largest absolute Gasteiger partial charge is 0.497 e. The van der Waals surface area contributed by atoms with Gasteiger partial charge in [-0.05, 0) is 13.0 Å². The minimum absolute atomic E-state index is 0.250. The normalized spacial score (nSPS) is 20.9. The van der Waals surface area contributed by atoms with Gasteiger partial charge in [0, 0.05) is 43.5 Å². The summed E-state index contributed by atoms with van der Waals surface area (Å²) in [7, 11) is 1.56. The summed E-state index contributed by atoms with van der Waals surface area (Å²) in [5, 5.41) is 3.31. The van der Waals surface area contributed by atoms with Gasteiger partial charge in [0.15, 0.2) is 0 Å². The van der Waals surface area contributed by atoms with Gasteiger partial charge in [-0.15, -0.1) is 0 Å². The molecule has 0 amide bonds. The van der Waals surface area contributed by atoms with Gasteiger partial charge in [-0.25, -0.2) is 4.39 Å². The van der Waals surface area contributed by atoms with Gasteiger partial charge in [0.1, 0.15) is 11.6 Å². The van der Waals surface area contributed by atoms with E-state index in [2.05, 4.69) is 17.1 Å². The molecular formula is C12H17FN2O. The molecule has 2 rings (SSSR count). The predicted octanol–water partition coefficient (Wildman–Crippen LogP) is 1.63. The number of benzene rings is 1. The van der Waals surface area contributed by atoms with Crippen LogP contribution in [0.15, 0.2) is 18.2 Å². The van der Waals surface area contributed by atoms with Gasteiger partial charge in [-0.2, -0.15) is 0 Å². The molecule has 0 unspecified atom stereocenters. The van der Waals surface area contributed by atoms with Crippen LogP contribution in [0, 0.1) is 5.82 Å². The van der Waals surface area contributed by atoms with Crippen LogP contribution in [0.4, 0.5) is 10.1 Å². The third-order valence-corrected chi connectivity index (χ3v) is 2.92. The Kier molecular flexibility index (Phi) is 3.29. The molecule has 0 spiro atoms. The fourth-order valence-electron chi connectivity index (χ4n) is 2.06. The summed E-state index contributed by atoms with van der Waals surface area (Å²) < 4.78 is 18.5. The van der Waals surface area contributed by atoms with E-state index in [-0.39, 0.29) is 5.82 Å². The van der Waals surface area contributed by atoms with Crippen LogP contribution in [0.5, 0.6) is 5.75 Å². The minimum Gasteiger partial charge on any atom is -0.497 e. The molecule has 1 aliphatic rings. The van der Waals surface area contributed by atoms with Crippen molar-refractivity contribution in [2.45, 2.75) is 13.0 Å². The van der Waals surface area contributed by atoms with Crippen molar-refractivity contribution in [1.29, 1.82) is 0 Å². The number of ether oxygens (including phenoxy) is 1. The number of rotatable bonds is 2. The number of nitrogens with one attached hydrogen (secondary N) is 1. The molecule has 1 heterocycles. The van der Waals surface area contributed by atoms with Gasteiger partial charge in [-0.3, -0.25) is 0 Å². The first kappa shape index (κ1) is 11.2. The minimum atomic E-state index is -0.250. The Morgan fingerprint density at radius 3 is 2.94 bits per heavy atom. The molecule has 88 valence electrons. The van der Waals surface area contributed by atoms with Gasteiger partial charge in [0.05, 0.1) is 7.11 Å². The summed E-state index contributed by atoms with van der Waals surface area (Å²) in [4.78, 5) is 2.20. The van der Waals surface area contributed by atoms with Crippen molar-refractivity contribution in [3.63, 3.8) is 0 Å². The number of halogens is 1. The average molecular weight is 224 g/mol. The standard InChI is InChI=1S/C12H17FN2O/c1-9-8-14-3-4-15(9)11-5-10(13)6-12(7-11)16-2/h5-7,9,14H,3-4,8H2,1-2H3/t9-/m0/s1. The highest BCUT2D eigenvalue weighted by Gasteiger charge is 2.19. The molecule has 0 radical (unpaired) electrons. The van der Waals surface area contributed by atoms with E-state index in [1.54, 1.807) is 13.2 Å². The highest BCUT2D eigenvalue weighted by atomic mass is 19.1. The molecule has 1 aliphatic heterocycles. The number of piperazine rings is 1. The van der Waals surface area contributed by atoms with Crippen molar-refractivity contribution in [1.82, 2.24) is 5.32 Å². The van der Waals surface area contributed by atoms with Crippen LogP contribution < -0.4 is 15.0 Å². The van der Waals surface area contributed by atoms with Crippen LogP contribution in [0.3, 0.4) is 0 Å². The van der Waals surface area contributed by atoms with Crippen LogP contribution in [-0.2, 0) is 0 Å². The molecule has 4 heteroatoms. The highest BCUT2D eigenvalue weighted by molar-refractivity contribution is 5.52. The molecule has 1 fully saturated rings. The van der Waals surface area contributed by atoms with Gasteiger partial charge < -0.3 is 15.0 Å². The zero-order valence-corrected chi connectivity index (χ0v) is 9.66. The van der Waals surface area contributed by atoms with Crippen LogP contribution in [0.2, 0.25) is 0 Å². The molecule has 1 aromatic rings. The molecular weight excluding hydrogens is 207 g/mol. The van der Waals surface area contributed by atoms with Crippen molar-refractivity contribution in [2.75, 3.05) is 31.6 Å². The number of hydrogen-bond donors (Lipinski definition) is 1. The SMILES string of the molecule is COc1cc(F)cc(N2CCNC[C@@H]2C)c1.